The van der Waals surface area contributed by atoms with E-state index in [1.54, 1.807) is 19.1 Å². The van der Waals surface area contributed by atoms with Gasteiger partial charge in [0.1, 0.15) is 17.6 Å². The molecule has 1 aliphatic heterocycles. The van der Waals surface area contributed by atoms with Gasteiger partial charge in [0.2, 0.25) is 11.8 Å². The molecule has 2 amide bonds. The molecule has 2 aromatic rings. The van der Waals surface area contributed by atoms with E-state index in [2.05, 4.69) is 15.5 Å². The lowest BCUT2D eigenvalue weighted by Gasteiger charge is -2.35. The van der Waals surface area contributed by atoms with E-state index in [0.29, 0.717) is 25.2 Å². The zero-order valence-corrected chi connectivity index (χ0v) is 15.2. The van der Waals surface area contributed by atoms with Gasteiger partial charge in [0, 0.05) is 13.5 Å². The smallest absolute Gasteiger partial charge is 0.244 e. The van der Waals surface area contributed by atoms with E-state index in [-0.39, 0.29) is 18.4 Å². The molecule has 8 nitrogen and oxygen atoms in total. The summed E-state index contributed by atoms with van der Waals surface area (Å²) in [5.41, 5.74) is 1.02. The molecule has 26 heavy (non-hydrogen) atoms. The topological polar surface area (TPSA) is 89.4 Å². The number of fused-ring (bicyclic) bond motifs is 1. The van der Waals surface area contributed by atoms with Crippen LogP contribution in [0.1, 0.15) is 23.6 Å². The minimum absolute atomic E-state index is 0.0756. The predicted molar refractivity (Wildman–Crippen MR) is 94.5 cm³/mol. The second-order valence-electron chi connectivity index (χ2n) is 6.28. The molecule has 0 bridgehead atoms. The van der Waals surface area contributed by atoms with Crippen LogP contribution < -0.4 is 10.1 Å². The molecular formula is C18H23N5O3. The number of hydrogen-bond donors (Lipinski definition) is 1. The van der Waals surface area contributed by atoms with Gasteiger partial charge in [-0.2, -0.15) is 0 Å². The number of nitrogens with zero attached hydrogens (tertiary/aromatic N) is 4. The number of carbonyl (C=O) groups excluding carboxylic acids is 2. The van der Waals surface area contributed by atoms with E-state index in [4.69, 9.17) is 4.74 Å². The van der Waals surface area contributed by atoms with Crippen molar-refractivity contribution in [1.29, 1.82) is 0 Å². The van der Waals surface area contributed by atoms with Gasteiger partial charge in [-0.1, -0.05) is 12.1 Å². The SMILES string of the molecule is CNC(=O)C1Cn2c(C)nnc2CN1C(=O)CCc1cccc(OC)c1. The van der Waals surface area contributed by atoms with Crippen molar-refractivity contribution in [2.75, 3.05) is 14.2 Å². The number of ether oxygens (including phenoxy) is 1. The van der Waals surface area contributed by atoms with E-state index < -0.39 is 6.04 Å². The second kappa shape index (κ2) is 7.55. The lowest BCUT2D eigenvalue weighted by atomic mass is 10.1. The molecule has 0 fully saturated rings. The summed E-state index contributed by atoms with van der Waals surface area (Å²) in [5.74, 6) is 1.96. The minimum atomic E-state index is -0.556. The van der Waals surface area contributed by atoms with E-state index in [1.165, 1.54) is 0 Å². The quantitative estimate of drug-likeness (QED) is 0.850. The van der Waals surface area contributed by atoms with Crippen LogP contribution in [0.15, 0.2) is 24.3 Å². The number of aryl methyl sites for hydroxylation is 2. The Morgan fingerprint density at radius 3 is 2.88 bits per heavy atom. The Balaban J connectivity index is 1.74. The summed E-state index contributed by atoms with van der Waals surface area (Å²) < 4.78 is 7.11. The van der Waals surface area contributed by atoms with Crippen LogP contribution in [0.4, 0.5) is 0 Å². The van der Waals surface area contributed by atoms with E-state index >= 15 is 0 Å². The monoisotopic (exact) mass is 357 g/mol. The van der Waals surface area contributed by atoms with Crippen molar-refractivity contribution in [3.05, 3.63) is 41.5 Å². The average Bonchev–Trinajstić information content (AvgIpc) is 3.04. The summed E-state index contributed by atoms with van der Waals surface area (Å²) in [6.45, 7) is 2.51. The molecule has 1 atom stereocenters. The number of amides is 2. The Morgan fingerprint density at radius 2 is 2.15 bits per heavy atom. The summed E-state index contributed by atoms with van der Waals surface area (Å²) in [6.07, 6.45) is 0.895. The fraction of sp³-hybridized carbons (Fsp3) is 0.444. The lowest BCUT2D eigenvalue weighted by Crippen LogP contribution is -2.53. The number of aromatic nitrogens is 3. The minimum Gasteiger partial charge on any atom is -0.497 e. The first-order chi connectivity index (χ1) is 12.5. The summed E-state index contributed by atoms with van der Waals surface area (Å²) in [4.78, 5) is 26.7. The highest BCUT2D eigenvalue weighted by Crippen LogP contribution is 2.20. The van der Waals surface area contributed by atoms with Gasteiger partial charge < -0.3 is 19.5 Å². The molecule has 1 aromatic carbocycles. The van der Waals surface area contributed by atoms with Crippen molar-refractivity contribution in [1.82, 2.24) is 25.0 Å². The second-order valence-corrected chi connectivity index (χ2v) is 6.28. The number of nitrogens with one attached hydrogen (secondary N) is 1. The molecule has 138 valence electrons. The first-order valence-corrected chi connectivity index (χ1v) is 8.56. The molecule has 8 heteroatoms. The third-order valence-corrected chi connectivity index (χ3v) is 4.69. The number of hydrogen-bond acceptors (Lipinski definition) is 5. The highest BCUT2D eigenvalue weighted by atomic mass is 16.5. The van der Waals surface area contributed by atoms with Crippen molar-refractivity contribution in [3.8, 4) is 5.75 Å². The van der Waals surface area contributed by atoms with Crippen LogP contribution in [-0.2, 0) is 29.1 Å². The molecule has 2 heterocycles. The normalized spacial score (nSPS) is 16.1. The third kappa shape index (κ3) is 3.54. The molecule has 0 aliphatic carbocycles. The van der Waals surface area contributed by atoms with Gasteiger partial charge >= 0.3 is 0 Å². The fourth-order valence-corrected chi connectivity index (χ4v) is 3.19. The molecule has 0 saturated carbocycles. The van der Waals surface area contributed by atoms with E-state index in [0.717, 1.165) is 17.1 Å². The highest BCUT2D eigenvalue weighted by Gasteiger charge is 2.35. The number of benzene rings is 1. The van der Waals surface area contributed by atoms with Crippen molar-refractivity contribution in [2.45, 2.75) is 38.9 Å². The predicted octanol–water partition coefficient (Wildman–Crippen LogP) is 0.685. The van der Waals surface area contributed by atoms with Crippen molar-refractivity contribution < 1.29 is 14.3 Å². The molecule has 0 saturated heterocycles. The van der Waals surface area contributed by atoms with Gasteiger partial charge in [-0.05, 0) is 31.0 Å². The van der Waals surface area contributed by atoms with Crippen LogP contribution in [-0.4, -0.2) is 51.7 Å². The maximum Gasteiger partial charge on any atom is 0.244 e. The Kier molecular flexibility index (Phi) is 5.20. The molecule has 1 unspecified atom stereocenters. The summed E-state index contributed by atoms with van der Waals surface area (Å²) in [6, 6.07) is 7.09. The lowest BCUT2D eigenvalue weighted by molar-refractivity contribution is -0.142. The highest BCUT2D eigenvalue weighted by molar-refractivity contribution is 5.87. The van der Waals surface area contributed by atoms with Gasteiger partial charge in [0.15, 0.2) is 5.82 Å². The maximum atomic E-state index is 12.8. The summed E-state index contributed by atoms with van der Waals surface area (Å²) in [7, 11) is 3.19. The number of methoxy groups -OCH3 is 1. The standard InChI is InChI=1S/C18H23N5O3/c1-12-20-21-16-11-23(15(10-22(12)16)18(25)19-2)17(24)8-7-13-5-4-6-14(9-13)26-3/h4-6,9,15H,7-8,10-11H2,1-3H3,(H,19,25). The zero-order valence-electron chi connectivity index (χ0n) is 15.2. The Hall–Kier alpha value is -2.90. The maximum absolute atomic E-state index is 12.8. The Labute approximate surface area is 152 Å². The van der Waals surface area contributed by atoms with Crippen LogP contribution in [0.5, 0.6) is 5.75 Å². The number of likely N-dealkylation sites (N-methyl/N-ethyl adjacent to an activating group) is 1. The summed E-state index contributed by atoms with van der Waals surface area (Å²) in [5, 5.41) is 10.8. The fourth-order valence-electron chi connectivity index (χ4n) is 3.19. The number of carbonyl (C=O) groups is 2. The van der Waals surface area contributed by atoms with E-state index in [9.17, 15) is 9.59 Å². The van der Waals surface area contributed by atoms with Crippen LogP contribution in [0.3, 0.4) is 0 Å². The van der Waals surface area contributed by atoms with E-state index in [1.807, 2.05) is 35.8 Å². The van der Waals surface area contributed by atoms with Gasteiger partial charge in [0.25, 0.3) is 0 Å². The Bertz CT molecular complexity index is 817. The largest absolute Gasteiger partial charge is 0.497 e. The van der Waals surface area contributed by atoms with Crippen molar-refractivity contribution in [3.63, 3.8) is 0 Å². The van der Waals surface area contributed by atoms with Gasteiger partial charge in [-0.15, -0.1) is 10.2 Å². The summed E-state index contributed by atoms with van der Waals surface area (Å²) >= 11 is 0. The average molecular weight is 357 g/mol. The molecule has 0 radical (unpaired) electrons. The third-order valence-electron chi connectivity index (χ3n) is 4.69. The van der Waals surface area contributed by atoms with Crippen LogP contribution in [0, 0.1) is 6.92 Å². The molecule has 0 spiro atoms. The van der Waals surface area contributed by atoms with Crippen LogP contribution in [0.25, 0.3) is 0 Å². The first-order valence-electron chi connectivity index (χ1n) is 8.56. The first kappa shape index (κ1) is 17.9. The van der Waals surface area contributed by atoms with Crippen LogP contribution in [0.2, 0.25) is 0 Å². The van der Waals surface area contributed by atoms with Gasteiger partial charge in [-0.3, -0.25) is 9.59 Å². The molecule has 1 aromatic heterocycles. The molecule has 3 rings (SSSR count). The van der Waals surface area contributed by atoms with Gasteiger partial charge in [0.05, 0.1) is 20.2 Å². The van der Waals surface area contributed by atoms with Crippen molar-refractivity contribution >= 4 is 11.8 Å². The van der Waals surface area contributed by atoms with Crippen LogP contribution >= 0.6 is 0 Å². The number of rotatable bonds is 5. The zero-order chi connectivity index (χ0) is 18.7. The molecular weight excluding hydrogens is 334 g/mol. The van der Waals surface area contributed by atoms with Gasteiger partial charge in [-0.25, -0.2) is 0 Å². The Morgan fingerprint density at radius 1 is 1.35 bits per heavy atom. The molecule has 1 aliphatic rings. The molecule has 1 N–H and O–H groups in total. The van der Waals surface area contributed by atoms with Crippen molar-refractivity contribution in [2.24, 2.45) is 0 Å².